The van der Waals surface area contributed by atoms with Crippen molar-refractivity contribution in [3.63, 3.8) is 0 Å². The lowest BCUT2D eigenvalue weighted by Crippen LogP contribution is -2.48. The number of hydrogen-bond donors (Lipinski definition) is 2. The van der Waals surface area contributed by atoms with Crippen molar-refractivity contribution in [3.05, 3.63) is 35.9 Å². The van der Waals surface area contributed by atoms with E-state index in [9.17, 15) is 4.79 Å². The summed E-state index contributed by atoms with van der Waals surface area (Å²) in [6.07, 6.45) is 1.28. The Morgan fingerprint density at radius 3 is 2.41 bits per heavy atom. The summed E-state index contributed by atoms with van der Waals surface area (Å²) in [5.74, 6) is 0.0549. The molecule has 3 nitrogen and oxygen atoms in total. The lowest BCUT2D eigenvalue weighted by molar-refractivity contribution is -0.122. The number of amides is 1. The molecule has 4 heteroatoms. The predicted octanol–water partition coefficient (Wildman–Crippen LogP) is 1.89. The van der Waals surface area contributed by atoms with Crippen LogP contribution >= 0.6 is 12.4 Å². The molecule has 0 aliphatic carbocycles. The smallest absolute Gasteiger partial charge is 0.220 e. The van der Waals surface area contributed by atoms with Gasteiger partial charge >= 0.3 is 0 Å². The molecule has 1 rings (SSSR count). The Labute approximate surface area is 109 Å². The summed E-state index contributed by atoms with van der Waals surface area (Å²) in [6.45, 7) is 4.30. The molecule has 1 aromatic rings. The minimum atomic E-state index is -0.312. The van der Waals surface area contributed by atoms with Crippen molar-refractivity contribution in [1.82, 2.24) is 5.32 Å². The fourth-order valence-corrected chi connectivity index (χ4v) is 1.39. The van der Waals surface area contributed by atoms with Gasteiger partial charge in [-0.05, 0) is 25.8 Å². The van der Waals surface area contributed by atoms with Crippen molar-refractivity contribution in [1.29, 1.82) is 0 Å². The molecule has 0 radical (unpaired) electrons. The molecule has 0 spiro atoms. The van der Waals surface area contributed by atoms with Crippen LogP contribution in [0.4, 0.5) is 0 Å². The summed E-state index contributed by atoms with van der Waals surface area (Å²) in [7, 11) is 0. The Kier molecular flexibility index (Phi) is 6.85. The fraction of sp³-hybridized carbons (Fsp3) is 0.462. The number of carbonyl (C=O) groups excluding carboxylic acids is 1. The third kappa shape index (κ3) is 6.29. The normalized spacial score (nSPS) is 10.5. The number of hydrogen-bond acceptors (Lipinski definition) is 2. The maximum atomic E-state index is 11.6. The standard InChI is InChI=1S/C13H20N2O.ClH/c1-13(2,10-14)15-12(16)9-8-11-6-4-3-5-7-11;/h3-7H,8-10,14H2,1-2H3,(H,15,16);1H. The Bertz CT molecular complexity index is 339. The number of nitrogens with two attached hydrogens (primary N) is 1. The van der Waals surface area contributed by atoms with Crippen LogP contribution in [0.25, 0.3) is 0 Å². The molecule has 0 heterocycles. The summed E-state index contributed by atoms with van der Waals surface area (Å²) in [5, 5.41) is 2.91. The molecule has 0 bridgehead atoms. The van der Waals surface area contributed by atoms with Gasteiger partial charge in [0.15, 0.2) is 0 Å². The molecular formula is C13H21ClN2O. The second-order valence-electron chi connectivity index (χ2n) is 4.62. The molecule has 0 unspecified atom stereocenters. The van der Waals surface area contributed by atoms with Crippen molar-refractivity contribution in [2.75, 3.05) is 6.54 Å². The van der Waals surface area contributed by atoms with Crippen LogP contribution in [0.1, 0.15) is 25.8 Å². The van der Waals surface area contributed by atoms with Gasteiger partial charge in [0.2, 0.25) is 5.91 Å². The van der Waals surface area contributed by atoms with Crippen LogP contribution in [-0.2, 0) is 11.2 Å². The molecule has 1 amide bonds. The van der Waals surface area contributed by atoms with Gasteiger partial charge in [-0.3, -0.25) is 4.79 Å². The van der Waals surface area contributed by atoms with E-state index in [-0.39, 0.29) is 23.9 Å². The zero-order valence-corrected chi connectivity index (χ0v) is 11.2. The highest BCUT2D eigenvalue weighted by molar-refractivity contribution is 5.85. The molecule has 0 fully saturated rings. The first-order valence-corrected chi connectivity index (χ1v) is 5.58. The maximum absolute atomic E-state index is 11.6. The molecule has 0 aliphatic heterocycles. The van der Waals surface area contributed by atoms with E-state index < -0.39 is 0 Å². The Morgan fingerprint density at radius 1 is 1.29 bits per heavy atom. The third-order valence-corrected chi connectivity index (χ3v) is 2.47. The highest BCUT2D eigenvalue weighted by Gasteiger charge is 2.17. The van der Waals surface area contributed by atoms with Gasteiger partial charge in [0.25, 0.3) is 0 Å². The van der Waals surface area contributed by atoms with Crippen molar-refractivity contribution < 1.29 is 4.79 Å². The zero-order chi connectivity index (χ0) is 12.0. The minimum absolute atomic E-state index is 0. The molecule has 0 saturated carbocycles. The Hall–Kier alpha value is -1.06. The quantitative estimate of drug-likeness (QED) is 0.845. The molecule has 0 aliphatic rings. The molecule has 3 N–H and O–H groups in total. The predicted molar refractivity (Wildman–Crippen MR) is 73.3 cm³/mol. The van der Waals surface area contributed by atoms with Crippen LogP contribution in [0.5, 0.6) is 0 Å². The van der Waals surface area contributed by atoms with Gasteiger partial charge in [0, 0.05) is 18.5 Å². The van der Waals surface area contributed by atoms with Crippen LogP contribution in [0.2, 0.25) is 0 Å². The average molecular weight is 257 g/mol. The van der Waals surface area contributed by atoms with Gasteiger partial charge < -0.3 is 11.1 Å². The first kappa shape index (κ1) is 15.9. The largest absolute Gasteiger partial charge is 0.350 e. The molecular weight excluding hydrogens is 236 g/mol. The SMILES string of the molecule is CC(C)(CN)NC(=O)CCc1ccccc1.Cl. The van der Waals surface area contributed by atoms with Crippen molar-refractivity contribution >= 4 is 18.3 Å². The Morgan fingerprint density at radius 2 is 1.88 bits per heavy atom. The third-order valence-electron chi connectivity index (χ3n) is 2.47. The van der Waals surface area contributed by atoms with Crippen LogP contribution in [0, 0.1) is 0 Å². The van der Waals surface area contributed by atoms with E-state index in [0.717, 1.165) is 6.42 Å². The number of nitrogens with one attached hydrogen (secondary N) is 1. The van der Waals surface area contributed by atoms with E-state index in [0.29, 0.717) is 13.0 Å². The van der Waals surface area contributed by atoms with Gasteiger partial charge in [-0.25, -0.2) is 0 Å². The molecule has 0 saturated heterocycles. The highest BCUT2D eigenvalue weighted by atomic mass is 35.5. The van der Waals surface area contributed by atoms with Gasteiger partial charge in [-0.15, -0.1) is 12.4 Å². The average Bonchev–Trinajstić information content (AvgIpc) is 2.27. The first-order chi connectivity index (χ1) is 7.53. The van der Waals surface area contributed by atoms with E-state index in [1.165, 1.54) is 5.56 Å². The highest BCUT2D eigenvalue weighted by Crippen LogP contribution is 2.04. The monoisotopic (exact) mass is 256 g/mol. The van der Waals surface area contributed by atoms with Gasteiger partial charge in [0.05, 0.1) is 0 Å². The summed E-state index contributed by atoms with van der Waals surface area (Å²) < 4.78 is 0. The summed E-state index contributed by atoms with van der Waals surface area (Å²) >= 11 is 0. The lowest BCUT2D eigenvalue weighted by atomic mass is 10.0. The zero-order valence-electron chi connectivity index (χ0n) is 10.4. The second-order valence-corrected chi connectivity index (χ2v) is 4.62. The van der Waals surface area contributed by atoms with Crippen molar-refractivity contribution in [2.45, 2.75) is 32.2 Å². The van der Waals surface area contributed by atoms with E-state index in [1.54, 1.807) is 0 Å². The molecule has 1 aromatic carbocycles. The topological polar surface area (TPSA) is 55.1 Å². The van der Waals surface area contributed by atoms with Crippen LogP contribution < -0.4 is 11.1 Å². The summed E-state index contributed by atoms with van der Waals surface area (Å²) in [5.41, 5.74) is 6.42. The van der Waals surface area contributed by atoms with Crippen molar-refractivity contribution in [3.8, 4) is 0 Å². The number of benzene rings is 1. The molecule has 0 atom stereocenters. The summed E-state index contributed by atoms with van der Waals surface area (Å²) in [4.78, 5) is 11.6. The van der Waals surface area contributed by atoms with E-state index >= 15 is 0 Å². The van der Waals surface area contributed by atoms with E-state index in [4.69, 9.17) is 5.73 Å². The summed E-state index contributed by atoms with van der Waals surface area (Å²) in [6, 6.07) is 10.00. The number of halogens is 1. The van der Waals surface area contributed by atoms with Crippen molar-refractivity contribution in [2.24, 2.45) is 5.73 Å². The van der Waals surface area contributed by atoms with Crippen LogP contribution in [0.3, 0.4) is 0 Å². The maximum Gasteiger partial charge on any atom is 0.220 e. The fourth-order valence-electron chi connectivity index (χ4n) is 1.39. The molecule has 0 aromatic heterocycles. The van der Waals surface area contributed by atoms with Gasteiger partial charge in [0.1, 0.15) is 0 Å². The minimum Gasteiger partial charge on any atom is -0.350 e. The molecule has 96 valence electrons. The van der Waals surface area contributed by atoms with Gasteiger partial charge in [-0.1, -0.05) is 30.3 Å². The Balaban J connectivity index is 0.00000256. The van der Waals surface area contributed by atoms with E-state index in [1.807, 2.05) is 44.2 Å². The number of rotatable bonds is 5. The van der Waals surface area contributed by atoms with Crippen LogP contribution in [0.15, 0.2) is 30.3 Å². The molecule has 17 heavy (non-hydrogen) atoms. The van der Waals surface area contributed by atoms with Gasteiger partial charge in [-0.2, -0.15) is 0 Å². The van der Waals surface area contributed by atoms with Crippen LogP contribution in [-0.4, -0.2) is 18.0 Å². The second kappa shape index (κ2) is 7.30. The lowest BCUT2D eigenvalue weighted by Gasteiger charge is -2.24. The number of carbonyl (C=O) groups is 1. The first-order valence-electron chi connectivity index (χ1n) is 5.58. The van der Waals surface area contributed by atoms with E-state index in [2.05, 4.69) is 5.32 Å². The number of aryl methyl sites for hydroxylation is 1.